The van der Waals surface area contributed by atoms with Crippen molar-refractivity contribution < 1.29 is 9.47 Å². The van der Waals surface area contributed by atoms with Gasteiger partial charge in [0.1, 0.15) is 12.2 Å². The number of nitrogens with one attached hydrogen (secondary N) is 2. The summed E-state index contributed by atoms with van der Waals surface area (Å²) in [6.45, 7) is 6.11. The van der Waals surface area contributed by atoms with E-state index in [9.17, 15) is 0 Å². The van der Waals surface area contributed by atoms with Crippen molar-refractivity contribution in [2.45, 2.75) is 26.3 Å². The molecule has 1 heterocycles. The van der Waals surface area contributed by atoms with Crippen LogP contribution in [0.4, 0.5) is 0 Å². The number of aliphatic imine (C=N–C) groups is 1. The lowest BCUT2D eigenvalue weighted by Gasteiger charge is -2.11. The monoisotopic (exact) mass is 312 g/mol. The SMILES string of the molecule is CCCCOCCOCCNC(=NC)NCc1ncnn1C. The van der Waals surface area contributed by atoms with Crippen molar-refractivity contribution >= 4 is 5.96 Å². The highest BCUT2D eigenvalue weighted by molar-refractivity contribution is 5.79. The summed E-state index contributed by atoms with van der Waals surface area (Å²) in [6, 6.07) is 0. The van der Waals surface area contributed by atoms with Gasteiger partial charge in [-0.15, -0.1) is 0 Å². The molecule has 1 aromatic heterocycles. The van der Waals surface area contributed by atoms with Gasteiger partial charge in [-0.05, 0) is 6.42 Å². The number of unbranched alkanes of at least 4 members (excludes halogenated alkanes) is 1. The van der Waals surface area contributed by atoms with Crippen molar-refractivity contribution in [2.75, 3.05) is 40.0 Å². The molecule has 0 fully saturated rings. The third-order valence-electron chi connectivity index (χ3n) is 3.00. The van der Waals surface area contributed by atoms with Crippen molar-refractivity contribution in [3.63, 3.8) is 0 Å². The van der Waals surface area contributed by atoms with Gasteiger partial charge in [-0.1, -0.05) is 13.3 Å². The van der Waals surface area contributed by atoms with E-state index in [0.29, 0.717) is 38.9 Å². The predicted molar refractivity (Wildman–Crippen MR) is 85.8 cm³/mol. The third kappa shape index (κ3) is 7.94. The number of aryl methyl sites for hydroxylation is 1. The molecule has 0 saturated heterocycles. The van der Waals surface area contributed by atoms with E-state index in [1.54, 1.807) is 11.7 Å². The molecule has 1 aromatic rings. The summed E-state index contributed by atoms with van der Waals surface area (Å²) >= 11 is 0. The lowest BCUT2D eigenvalue weighted by Crippen LogP contribution is -2.39. The number of rotatable bonds is 11. The Kier molecular flexibility index (Phi) is 9.97. The zero-order valence-corrected chi connectivity index (χ0v) is 13.8. The Morgan fingerprint density at radius 2 is 2.00 bits per heavy atom. The molecule has 0 aromatic carbocycles. The first-order chi connectivity index (χ1) is 10.8. The minimum atomic E-state index is 0.572. The van der Waals surface area contributed by atoms with Crippen molar-refractivity contribution in [3.8, 4) is 0 Å². The highest BCUT2D eigenvalue weighted by Gasteiger charge is 2.02. The Balaban J connectivity index is 2.01. The van der Waals surface area contributed by atoms with E-state index in [4.69, 9.17) is 9.47 Å². The number of ether oxygens (including phenoxy) is 2. The Morgan fingerprint density at radius 1 is 1.23 bits per heavy atom. The first kappa shape index (κ1) is 18.4. The number of nitrogens with zero attached hydrogens (tertiary/aromatic N) is 4. The van der Waals surface area contributed by atoms with E-state index in [1.165, 1.54) is 6.33 Å². The van der Waals surface area contributed by atoms with E-state index >= 15 is 0 Å². The van der Waals surface area contributed by atoms with Crippen molar-refractivity contribution in [1.29, 1.82) is 0 Å². The number of hydrogen-bond acceptors (Lipinski definition) is 5. The van der Waals surface area contributed by atoms with Gasteiger partial charge in [-0.3, -0.25) is 9.67 Å². The normalized spacial score (nSPS) is 11.7. The van der Waals surface area contributed by atoms with E-state index in [0.717, 1.165) is 25.3 Å². The maximum Gasteiger partial charge on any atom is 0.191 e. The van der Waals surface area contributed by atoms with Crippen LogP contribution in [0.2, 0.25) is 0 Å². The molecule has 8 nitrogen and oxygen atoms in total. The molecule has 22 heavy (non-hydrogen) atoms. The molecule has 126 valence electrons. The van der Waals surface area contributed by atoms with Crippen molar-refractivity contribution in [3.05, 3.63) is 12.2 Å². The molecule has 8 heteroatoms. The molecular weight excluding hydrogens is 284 g/mol. The summed E-state index contributed by atoms with van der Waals surface area (Å²) in [7, 11) is 3.59. The predicted octanol–water partition coefficient (Wildman–Crippen LogP) is 0.313. The molecule has 0 radical (unpaired) electrons. The second-order valence-electron chi connectivity index (χ2n) is 4.73. The largest absolute Gasteiger partial charge is 0.379 e. The highest BCUT2D eigenvalue weighted by Crippen LogP contribution is 1.89. The van der Waals surface area contributed by atoms with Crippen LogP contribution in [-0.4, -0.2) is 60.7 Å². The summed E-state index contributed by atoms with van der Waals surface area (Å²) in [5.41, 5.74) is 0. The third-order valence-corrected chi connectivity index (χ3v) is 3.00. The van der Waals surface area contributed by atoms with Crippen LogP contribution < -0.4 is 10.6 Å². The van der Waals surface area contributed by atoms with Gasteiger partial charge >= 0.3 is 0 Å². The fourth-order valence-electron chi connectivity index (χ4n) is 1.67. The lowest BCUT2D eigenvalue weighted by molar-refractivity contribution is 0.0487. The molecule has 0 atom stereocenters. The van der Waals surface area contributed by atoms with Gasteiger partial charge in [0.05, 0.1) is 26.4 Å². The van der Waals surface area contributed by atoms with Gasteiger partial charge in [0.2, 0.25) is 0 Å². The molecule has 0 unspecified atom stereocenters. The summed E-state index contributed by atoms with van der Waals surface area (Å²) in [4.78, 5) is 8.28. The maximum atomic E-state index is 5.48. The zero-order valence-electron chi connectivity index (χ0n) is 13.8. The topological polar surface area (TPSA) is 85.6 Å². The number of aromatic nitrogens is 3. The fraction of sp³-hybridized carbons (Fsp3) is 0.786. The summed E-state index contributed by atoms with van der Waals surface area (Å²) in [6.07, 6.45) is 3.80. The standard InChI is InChI=1S/C14H28N6O2/c1-4-5-7-21-9-10-22-8-6-16-14(15-2)17-11-13-18-12-19-20(13)3/h12H,4-11H2,1-3H3,(H2,15,16,17). The average molecular weight is 312 g/mol. The molecule has 1 rings (SSSR count). The molecule has 0 bridgehead atoms. The molecule has 0 aliphatic carbocycles. The van der Waals surface area contributed by atoms with Gasteiger partial charge in [-0.2, -0.15) is 5.10 Å². The average Bonchev–Trinajstić information content (AvgIpc) is 2.94. The highest BCUT2D eigenvalue weighted by atomic mass is 16.5. The first-order valence-electron chi connectivity index (χ1n) is 7.70. The molecule has 0 saturated carbocycles. The molecule has 0 aliphatic rings. The van der Waals surface area contributed by atoms with E-state index < -0.39 is 0 Å². The van der Waals surface area contributed by atoms with Crippen LogP contribution in [0.5, 0.6) is 0 Å². The minimum absolute atomic E-state index is 0.572. The second kappa shape index (κ2) is 11.9. The van der Waals surface area contributed by atoms with Crippen LogP contribution in [0.3, 0.4) is 0 Å². The van der Waals surface area contributed by atoms with Gasteiger partial charge in [-0.25, -0.2) is 4.98 Å². The van der Waals surface area contributed by atoms with Gasteiger partial charge in [0.15, 0.2) is 5.96 Å². The smallest absolute Gasteiger partial charge is 0.191 e. The Morgan fingerprint density at radius 3 is 2.64 bits per heavy atom. The minimum Gasteiger partial charge on any atom is -0.379 e. The molecule has 0 amide bonds. The Hall–Kier alpha value is -1.67. The van der Waals surface area contributed by atoms with Gasteiger partial charge in [0, 0.05) is 27.2 Å². The molecule has 2 N–H and O–H groups in total. The van der Waals surface area contributed by atoms with Crippen molar-refractivity contribution in [1.82, 2.24) is 25.4 Å². The molecular formula is C14H28N6O2. The van der Waals surface area contributed by atoms with Gasteiger partial charge < -0.3 is 20.1 Å². The maximum absolute atomic E-state index is 5.48. The van der Waals surface area contributed by atoms with Crippen LogP contribution in [0, 0.1) is 0 Å². The van der Waals surface area contributed by atoms with Crippen LogP contribution in [-0.2, 0) is 23.1 Å². The second-order valence-corrected chi connectivity index (χ2v) is 4.73. The quantitative estimate of drug-likeness (QED) is 0.347. The number of guanidine groups is 1. The van der Waals surface area contributed by atoms with Crippen LogP contribution in [0.1, 0.15) is 25.6 Å². The number of hydrogen-bond donors (Lipinski definition) is 2. The Labute approximate surface area is 132 Å². The first-order valence-corrected chi connectivity index (χ1v) is 7.70. The fourth-order valence-corrected chi connectivity index (χ4v) is 1.67. The van der Waals surface area contributed by atoms with E-state index in [-0.39, 0.29) is 0 Å². The summed E-state index contributed by atoms with van der Waals surface area (Å²) in [5, 5.41) is 10.4. The summed E-state index contributed by atoms with van der Waals surface area (Å²) < 4.78 is 12.6. The van der Waals surface area contributed by atoms with Crippen LogP contribution in [0.25, 0.3) is 0 Å². The molecule has 0 aliphatic heterocycles. The van der Waals surface area contributed by atoms with Crippen LogP contribution >= 0.6 is 0 Å². The van der Waals surface area contributed by atoms with Crippen LogP contribution in [0.15, 0.2) is 11.3 Å². The van der Waals surface area contributed by atoms with E-state index in [1.807, 2.05) is 7.05 Å². The van der Waals surface area contributed by atoms with Crippen molar-refractivity contribution in [2.24, 2.45) is 12.0 Å². The van der Waals surface area contributed by atoms with E-state index in [2.05, 4.69) is 32.6 Å². The molecule has 0 spiro atoms. The lowest BCUT2D eigenvalue weighted by atomic mass is 10.4. The van der Waals surface area contributed by atoms with Gasteiger partial charge in [0.25, 0.3) is 0 Å². The Bertz CT molecular complexity index is 421. The zero-order chi connectivity index (χ0) is 16.0. The summed E-state index contributed by atoms with van der Waals surface area (Å²) in [5.74, 6) is 1.56.